The predicted molar refractivity (Wildman–Crippen MR) is 41.8 cm³/mol. The zero-order valence-electron chi connectivity index (χ0n) is 7.57. The van der Waals surface area contributed by atoms with E-state index in [0.29, 0.717) is 0 Å². The molecule has 12 heavy (non-hydrogen) atoms. The van der Waals surface area contributed by atoms with Crippen molar-refractivity contribution in [3.63, 3.8) is 0 Å². The zero-order valence-corrected chi connectivity index (χ0v) is 7.57. The Bertz CT molecular complexity index is 168. The van der Waals surface area contributed by atoms with Crippen molar-refractivity contribution in [3.8, 4) is 0 Å². The highest BCUT2D eigenvalue weighted by molar-refractivity contribution is 5.84. The van der Waals surface area contributed by atoms with Crippen molar-refractivity contribution >= 4 is 5.78 Å². The van der Waals surface area contributed by atoms with Gasteiger partial charge in [0.2, 0.25) is 0 Å². The van der Waals surface area contributed by atoms with Crippen molar-refractivity contribution in [2.24, 2.45) is 0 Å². The van der Waals surface area contributed by atoms with E-state index in [-0.39, 0.29) is 18.3 Å². The third-order valence-electron chi connectivity index (χ3n) is 1.99. The van der Waals surface area contributed by atoms with Crippen molar-refractivity contribution in [2.75, 3.05) is 14.2 Å². The molecule has 0 aromatic rings. The normalized spacial score (nSPS) is 36.9. The van der Waals surface area contributed by atoms with E-state index in [1.165, 1.54) is 14.2 Å². The maximum atomic E-state index is 11.3. The summed E-state index contributed by atoms with van der Waals surface area (Å²) in [5.41, 5.74) is 0. The fourth-order valence-electron chi connectivity index (χ4n) is 1.36. The Morgan fingerprint density at radius 3 is 2.50 bits per heavy atom. The molecule has 1 fully saturated rings. The quantitative estimate of drug-likeness (QED) is 0.606. The topological polar surface area (TPSA) is 44.8 Å². The Hall–Kier alpha value is -0.450. The van der Waals surface area contributed by atoms with Gasteiger partial charge in [0, 0.05) is 14.2 Å². The molecule has 4 nitrogen and oxygen atoms in total. The minimum absolute atomic E-state index is 0.0445. The number of ether oxygens (including phenoxy) is 3. The molecule has 4 heteroatoms. The lowest BCUT2D eigenvalue weighted by Gasteiger charge is -2.31. The van der Waals surface area contributed by atoms with Crippen molar-refractivity contribution in [1.82, 2.24) is 0 Å². The Morgan fingerprint density at radius 1 is 1.42 bits per heavy atom. The standard InChI is InChI=1S/C8H14O4/c1-5-8(11-3)6(9)4-7(10-2)12-5/h5,7-8H,4H2,1-3H3. The number of Topliss-reactive ketones (excluding diaryl/α,β-unsaturated/α-hetero) is 1. The van der Waals surface area contributed by atoms with Crippen molar-refractivity contribution in [3.05, 3.63) is 0 Å². The molecule has 1 aliphatic rings. The Morgan fingerprint density at radius 2 is 2.08 bits per heavy atom. The van der Waals surface area contributed by atoms with Gasteiger partial charge in [0.25, 0.3) is 0 Å². The minimum atomic E-state index is -0.434. The van der Waals surface area contributed by atoms with E-state index < -0.39 is 12.4 Å². The monoisotopic (exact) mass is 174 g/mol. The Kier molecular flexibility index (Phi) is 3.20. The lowest BCUT2D eigenvalue weighted by atomic mass is 10.0. The molecular formula is C8H14O4. The van der Waals surface area contributed by atoms with E-state index in [0.717, 1.165) is 0 Å². The highest BCUT2D eigenvalue weighted by Crippen LogP contribution is 2.18. The van der Waals surface area contributed by atoms with Crippen LogP contribution in [0, 0.1) is 0 Å². The molecule has 1 aliphatic heterocycles. The molecule has 3 atom stereocenters. The van der Waals surface area contributed by atoms with Crippen LogP contribution in [0.2, 0.25) is 0 Å². The van der Waals surface area contributed by atoms with Crippen LogP contribution in [0.5, 0.6) is 0 Å². The number of carbonyl (C=O) groups is 1. The molecule has 70 valence electrons. The second-order valence-electron chi connectivity index (χ2n) is 2.83. The van der Waals surface area contributed by atoms with Gasteiger partial charge in [0.1, 0.15) is 6.10 Å². The zero-order chi connectivity index (χ0) is 9.14. The van der Waals surface area contributed by atoms with Crippen LogP contribution < -0.4 is 0 Å². The molecular weight excluding hydrogens is 160 g/mol. The third kappa shape index (κ3) is 1.83. The van der Waals surface area contributed by atoms with Crippen LogP contribution >= 0.6 is 0 Å². The summed E-state index contributed by atoms with van der Waals surface area (Å²) < 4.78 is 15.2. The van der Waals surface area contributed by atoms with Gasteiger partial charge in [-0.15, -0.1) is 0 Å². The van der Waals surface area contributed by atoms with Gasteiger partial charge in [-0.05, 0) is 6.92 Å². The van der Waals surface area contributed by atoms with E-state index in [2.05, 4.69) is 0 Å². The number of methoxy groups -OCH3 is 2. The summed E-state index contributed by atoms with van der Waals surface area (Å²) in [7, 11) is 3.04. The molecule has 0 radical (unpaired) electrons. The fourth-order valence-corrected chi connectivity index (χ4v) is 1.36. The fraction of sp³-hybridized carbons (Fsp3) is 0.875. The van der Waals surface area contributed by atoms with E-state index in [1.807, 2.05) is 0 Å². The average molecular weight is 174 g/mol. The van der Waals surface area contributed by atoms with Gasteiger partial charge in [0.15, 0.2) is 12.1 Å². The molecule has 0 saturated carbocycles. The number of rotatable bonds is 2. The van der Waals surface area contributed by atoms with Crippen molar-refractivity contribution < 1.29 is 19.0 Å². The molecule has 1 heterocycles. The van der Waals surface area contributed by atoms with Crippen LogP contribution in [0.1, 0.15) is 13.3 Å². The van der Waals surface area contributed by atoms with Crippen LogP contribution in [-0.2, 0) is 19.0 Å². The molecule has 0 aliphatic carbocycles. The summed E-state index contributed by atoms with van der Waals surface area (Å²) in [6, 6.07) is 0. The first-order chi connectivity index (χ1) is 5.69. The lowest BCUT2D eigenvalue weighted by molar-refractivity contribution is -0.207. The number of ketones is 1. The van der Waals surface area contributed by atoms with E-state index >= 15 is 0 Å². The smallest absolute Gasteiger partial charge is 0.169 e. The van der Waals surface area contributed by atoms with Gasteiger partial charge in [-0.2, -0.15) is 0 Å². The van der Waals surface area contributed by atoms with Gasteiger partial charge in [-0.25, -0.2) is 0 Å². The molecule has 1 saturated heterocycles. The molecule has 0 N–H and O–H groups in total. The van der Waals surface area contributed by atoms with Crippen LogP contribution in [0.4, 0.5) is 0 Å². The van der Waals surface area contributed by atoms with E-state index in [1.54, 1.807) is 6.92 Å². The van der Waals surface area contributed by atoms with E-state index in [4.69, 9.17) is 14.2 Å². The largest absolute Gasteiger partial charge is 0.371 e. The second-order valence-corrected chi connectivity index (χ2v) is 2.83. The number of hydrogen-bond donors (Lipinski definition) is 0. The van der Waals surface area contributed by atoms with Gasteiger partial charge in [0.05, 0.1) is 12.5 Å². The summed E-state index contributed by atoms with van der Waals surface area (Å²) in [4.78, 5) is 11.3. The van der Waals surface area contributed by atoms with Crippen LogP contribution in [-0.4, -0.2) is 38.5 Å². The van der Waals surface area contributed by atoms with Crippen LogP contribution in [0.15, 0.2) is 0 Å². The SMILES string of the molecule is COC1CC(=O)C(OC)C(C)O1. The highest BCUT2D eigenvalue weighted by Gasteiger charge is 2.34. The first-order valence-corrected chi connectivity index (χ1v) is 3.92. The maximum absolute atomic E-state index is 11.3. The molecule has 1 rings (SSSR count). The van der Waals surface area contributed by atoms with Gasteiger partial charge >= 0.3 is 0 Å². The minimum Gasteiger partial charge on any atom is -0.371 e. The Labute approximate surface area is 71.8 Å². The average Bonchev–Trinajstić information content (AvgIpc) is 2.03. The van der Waals surface area contributed by atoms with Gasteiger partial charge in [-0.1, -0.05) is 0 Å². The number of hydrogen-bond acceptors (Lipinski definition) is 4. The lowest BCUT2D eigenvalue weighted by Crippen LogP contribution is -2.45. The predicted octanol–water partition coefficient (Wildman–Crippen LogP) is 0.352. The van der Waals surface area contributed by atoms with Crippen LogP contribution in [0.3, 0.4) is 0 Å². The summed E-state index contributed by atoms with van der Waals surface area (Å²) in [6.07, 6.45) is -0.782. The summed E-state index contributed by atoms with van der Waals surface area (Å²) in [5.74, 6) is 0.0445. The van der Waals surface area contributed by atoms with Crippen molar-refractivity contribution in [1.29, 1.82) is 0 Å². The second kappa shape index (κ2) is 3.98. The van der Waals surface area contributed by atoms with Crippen molar-refractivity contribution in [2.45, 2.75) is 31.8 Å². The molecule has 0 amide bonds. The molecule has 0 bridgehead atoms. The molecule has 0 spiro atoms. The third-order valence-corrected chi connectivity index (χ3v) is 1.99. The maximum Gasteiger partial charge on any atom is 0.169 e. The number of carbonyl (C=O) groups excluding carboxylic acids is 1. The molecule has 0 aromatic heterocycles. The first kappa shape index (κ1) is 9.64. The highest BCUT2D eigenvalue weighted by atomic mass is 16.7. The van der Waals surface area contributed by atoms with Gasteiger partial charge in [-0.3, -0.25) is 4.79 Å². The van der Waals surface area contributed by atoms with E-state index in [9.17, 15) is 4.79 Å². The molecule has 3 unspecified atom stereocenters. The molecule has 0 aromatic carbocycles. The first-order valence-electron chi connectivity index (χ1n) is 3.92. The summed E-state index contributed by atoms with van der Waals surface area (Å²) in [5, 5.41) is 0. The van der Waals surface area contributed by atoms with Gasteiger partial charge < -0.3 is 14.2 Å². The summed E-state index contributed by atoms with van der Waals surface area (Å²) in [6.45, 7) is 1.80. The van der Waals surface area contributed by atoms with Crippen LogP contribution in [0.25, 0.3) is 0 Å². The Balaban J connectivity index is 2.57. The summed E-state index contributed by atoms with van der Waals surface area (Å²) >= 11 is 0.